The van der Waals surface area contributed by atoms with E-state index < -0.39 is 5.60 Å². The van der Waals surface area contributed by atoms with E-state index >= 15 is 0 Å². The molecule has 0 radical (unpaired) electrons. The summed E-state index contributed by atoms with van der Waals surface area (Å²) in [7, 11) is 0. The number of hydrogen-bond acceptors (Lipinski definition) is 3. The summed E-state index contributed by atoms with van der Waals surface area (Å²) in [5.74, 6) is 1.12. The normalized spacial score (nSPS) is 52.9. The van der Waals surface area contributed by atoms with Crippen LogP contribution in [0.15, 0.2) is 0 Å². The molecule has 3 nitrogen and oxygen atoms in total. The van der Waals surface area contributed by atoms with Crippen molar-refractivity contribution in [3.05, 3.63) is 0 Å². The Morgan fingerprint density at radius 2 is 2.12 bits per heavy atom. The molecule has 5 unspecified atom stereocenters. The molecule has 0 amide bonds. The third kappa shape index (κ3) is 1.79. The summed E-state index contributed by atoms with van der Waals surface area (Å²) in [6, 6.07) is 1.14. The van der Waals surface area contributed by atoms with Crippen molar-refractivity contribution in [3.8, 4) is 0 Å². The van der Waals surface area contributed by atoms with Gasteiger partial charge in [-0.25, -0.2) is 0 Å². The molecule has 0 saturated carbocycles. The van der Waals surface area contributed by atoms with Gasteiger partial charge < -0.3 is 15.7 Å². The summed E-state index contributed by atoms with van der Waals surface area (Å²) in [5.41, 5.74) is -0.444. The van der Waals surface area contributed by atoms with Crippen LogP contribution in [0.3, 0.4) is 0 Å². The molecular formula is C13H24N2O. The maximum atomic E-state index is 10.7. The van der Waals surface area contributed by atoms with Gasteiger partial charge in [-0.3, -0.25) is 0 Å². The summed E-state index contributed by atoms with van der Waals surface area (Å²) in [6.07, 6.45) is 6.04. The highest BCUT2D eigenvalue weighted by molar-refractivity contribution is 5.06. The van der Waals surface area contributed by atoms with Crippen LogP contribution in [-0.2, 0) is 0 Å². The lowest BCUT2D eigenvalue weighted by molar-refractivity contribution is -0.0718. The Morgan fingerprint density at radius 3 is 2.88 bits per heavy atom. The van der Waals surface area contributed by atoms with Crippen LogP contribution in [0.5, 0.6) is 0 Å². The van der Waals surface area contributed by atoms with E-state index in [9.17, 15) is 5.11 Å². The summed E-state index contributed by atoms with van der Waals surface area (Å²) in [6.45, 7) is 4.33. The Labute approximate surface area is 98.0 Å². The molecule has 3 aliphatic heterocycles. The molecule has 0 aromatic rings. The predicted octanol–water partition coefficient (Wildman–Crippen LogP) is 0.877. The number of rotatable bonds is 1. The maximum Gasteiger partial charge on any atom is 0.0680 e. The largest absolute Gasteiger partial charge is 0.390 e. The number of aliphatic hydroxyl groups is 1. The Balaban J connectivity index is 1.79. The Kier molecular flexibility index (Phi) is 2.73. The fraction of sp³-hybridized carbons (Fsp3) is 1.00. The lowest BCUT2D eigenvalue weighted by Gasteiger charge is -2.47. The fourth-order valence-corrected chi connectivity index (χ4v) is 4.38. The van der Waals surface area contributed by atoms with Gasteiger partial charge in [-0.1, -0.05) is 0 Å². The van der Waals surface area contributed by atoms with Crippen molar-refractivity contribution in [2.75, 3.05) is 13.1 Å². The second-order valence-electron chi connectivity index (χ2n) is 6.24. The van der Waals surface area contributed by atoms with Gasteiger partial charge in [-0.05, 0) is 58.0 Å². The second kappa shape index (κ2) is 3.97. The molecule has 3 heteroatoms. The summed E-state index contributed by atoms with van der Waals surface area (Å²) in [5, 5.41) is 17.9. The number of hydrogen-bond donors (Lipinski definition) is 3. The second-order valence-corrected chi connectivity index (χ2v) is 6.24. The topological polar surface area (TPSA) is 44.3 Å². The predicted molar refractivity (Wildman–Crippen MR) is 64.3 cm³/mol. The SMILES string of the molecule is CC1(O)CC2CCC(N2)C1C1CCCNC1. The van der Waals surface area contributed by atoms with Gasteiger partial charge in [0, 0.05) is 18.0 Å². The van der Waals surface area contributed by atoms with Crippen LogP contribution in [0.25, 0.3) is 0 Å². The lowest BCUT2D eigenvalue weighted by Crippen LogP contribution is -2.58. The van der Waals surface area contributed by atoms with Crippen molar-refractivity contribution in [1.82, 2.24) is 10.6 Å². The minimum Gasteiger partial charge on any atom is -0.390 e. The van der Waals surface area contributed by atoms with Crippen molar-refractivity contribution in [2.24, 2.45) is 11.8 Å². The first-order valence-electron chi connectivity index (χ1n) is 6.86. The van der Waals surface area contributed by atoms with Crippen molar-refractivity contribution >= 4 is 0 Å². The first kappa shape index (κ1) is 11.0. The van der Waals surface area contributed by atoms with E-state index in [2.05, 4.69) is 17.6 Å². The first-order valence-corrected chi connectivity index (χ1v) is 6.86. The molecule has 92 valence electrons. The molecule has 0 aliphatic carbocycles. The van der Waals surface area contributed by atoms with Crippen LogP contribution >= 0.6 is 0 Å². The molecule has 5 atom stereocenters. The van der Waals surface area contributed by atoms with Gasteiger partial charge in [0.15, 0.2) is 0 Å². The van der Waals surface area contributed by atoms with Gasteiger partial charge in [0.1, 0.15) is 0 Å². The van der Waals surface area contributed by atoms with Crippen LogP contribution in [0.4, 0.5) is 0 Å². The first-order chi connectivity index (χ1) is 7.67. The van der Waals surface area contributed by atoms with E-state index in [1.807, 2.05) is 0 Å². The zero-order valence-corrected chi connectivity index (χ0v) is 10.2. The molecule has 3 heterocycles. The monoisotopic (exact) mass is 224 g/mol. The van der Waals surface area contributed by atoms with Gasteiger partial charge in [0.05, 0.1) is 5.60 Å². The average Bonchev–Trinajstić information content (AvgIpc) is 2.62. The van der Waals surface area contributed by atoms with Crippen molar-refractivity contribution < 1.29 is 5.11 Å². The third-order valence-corrected chi connectivity index (χ3v) is 4.93. The summed E-state index contributed by atoms with van der Waals surface area (Å²) >= 11 is 0. The smallest absolute Gasteiger partial charge is 0.0680 e. The zero-order valence-electron chi connectivity index (χ0n) is 10.2. The van der Waals surface area contributed by atoms with Crippen molar-refractivity contribution in [2.45, 2.75) is 56.7 Å². The van der Waals surface area contributed by atoms with Gasteiger partial charge >= 0.3 is 0 Å². The molecule has 3 N–H and O–H groups in total. The zero-order chi connectivity index (χ0) is 11.2. The highest BCUT2D eigenvalue weighted by Gasteiger charge is 2.50. The van der Waals surface area contributed by atoms with Gasteiger partial charge in [0.25, 0.3) is 0 Å². The molecular weight excluding hydrogens is 200 g/mol. The van der Waals surface area contributed by atoms with Gasteiger partial charge in [-0.2, -0.15) is 0 Å². The Bertz CT molecular complexity index is 261. The Morgan fingerprint density at radius 1 is 1.25 bits per heavy atom. The van der Waals surface area contributed by atoms with E-state index in [1.165, 1.54) is 25.7 Å². The van der Waals surface area contributed by atoms with Crippen LogP contribution in [-0.4, -0.2) is 35.9 Å². The molecule has 3 rings (SSSR count). The number of nitrogens with one attached hydrogen (secondary N) is 2. The van der Waals surface area contributed by atoms with E-state index in [0.717, 1.165) is 19.5 Å². The highest BCUT2D eigenvalue weighted by Crippen LogP contribution is 2.43. The Hall–Kier alpha value is -0.120. The van der Waals surface area contributed by atoms with Crippen molar-refractivity contribution in [3.63, 3.8) is 0 Å². The number of fused-ring (bicyclic) bond motifs is 2. The van der Waals surface area contributed by atoms with Crippen LogP contribution in [0, 0.1) is 11.8 Å². The summed E-state index contributed by atoms with van der Waals surface area (Å²) < 4.78 is 0. The van der Waals surface area contributed by atoms with Crippen LogP contribution < -0.4 is 10.6 Å². The quantitative estimate of drug-likeness (QED) is 0.619. The molecule has 3 fully saturated rings. The average molecular weight is 224 g/mol. The van der Waals surface area contributed by atoms with E-state index in [0.29, 0.717) is 23.9 Å². The van der Waals surface area contributed by atoms with Crippen molar-refractivity contribution in [1.29, 1.82) is 0 Å². The minimum atomic E-state index is -0.444. The number of piperidine rings is 2. The molecule has 3 saturated heterocycles. The standard InChI is InChI=1S/C13H24N2O/c1-13(16)7-10-4-5-11(15-10)12(13)9-3-2-6-14-8-9/h9-12,14-16H,2-8H2,1H3. The fourth-order valence-electron chi connectivity index (χ4n) is 4.38. The molecule has 16 heavy (non-hydrogen) atoms. The molecule has 0 spiro atoms. The molecule has 0 aromatic heterocycles. The lowest BCUT2D eigenvalue weighted by atomic mass is 9.69. The minimum absolute atomic E-state index is 0.444. The third-order valence-electron chi connectivity index (χ3n) is 4.93. The van der Waals surface area contributed by atoms with E-state index in [1.54, 1.807) is 0 Å². The van der Waals surface area contributed by atoms with Gasteiger partial charge in [-0.15, -0.1) is 0 Å². The molecule has 3 aliphatic rings. The molecule has 2 bridgehead atoms. The summed E-state index contributed by atoms with van der Waals surface area (Å²) in [4.78, 5) is 0. The van der Waals surface area contributed by atoms with Crippen LogP contribution in [0.2, 0.25) is 0 Å². The van der Waals surface area contributed by atoms with E-state index in [-0.39, 0.29) is 0 Å². The van der Waals surface area contributed by atoms with E-state index in [4.69, 9.17) is 0 Å². The van der Waals surface area contributed by atoms with Gasteiger partial charge in [0.2, 0.25) is 0 Å². The maximum absolute atomic E-state index is 10.7. The highest BCUT2D eigenvalue weighted by atomic mass is 16.3. The molecule has 0 aromatic carbocycles. The van der Waals surface area contributed by atoms with Crippen LogP contribution in [0.1, 0.15) is 39.0 Å².